The number of nitrogens with two attached hydrogens (primary N) is 1. The Hall–Kier alpha value is -1.50. The molecule has 0 radical (unpaired) electrons. The number of nitrogens with zero attached hydrogens (tertiary/aromatic N) is 1. The molecule has 1 aromatic rings. The first-order chi connectivity index (χ1) is 8.83. The monoisotopic (exact) mass is 278 g/mol. The number of carbonyl (C=O) groups is 1. The van der Waals surface area contributed by atoms with E-state index in [0.29, 0.717) is 12.2 Å². The van der Waals surface area contributed by atoms with Crippen molar-refractivity contribution in [1.82, 2.24) is 4.90 Å². The van der Waals surface area contributed by atoms with Gasteiger partial charge >= 0.3 is 6.18 Å². The van der Waals surface area contributed by atoms with Crippen LogP contribution in [0.3, 0.4) is 0 Å². The highest BCUT2D eigenvalue weighted by Gasteiger charge is 2.34. The first kappa shape index (κ1) is 15.6. The summed E-state index contributed by atoms with van der Waals surface area (Å²) in [4.78, 5) is 12.7. The minimum atomic E-state index is -4.44. The molecule has 1 unspecified atom stereocenters. The molecule has 0 aliphatic carbocycles. The lowest BCUT2D eigenvalue weighted by Gasteiger charge is -2.25. The first-order valence-corrected chi connectivity index (χ1v) is 5.91. The summed E-state index contributed by atoms with van der Waals surface area (Å²) in [6.07, 6.45) is -2.73. The second kappa shape index (κ2) is 6.60. The van der Waals surface area contributed by atoms with E-state index >= 15 is 0 Å². The number of hydrogen-bond donors (Lipinski definition) is 1. The summed E-state index contributed by atoms with van der Waals surface area (Å²) < 4.78 is 42.5. The lowest BCUT2D eigenvalue weighted by Crippen LogP contribution is -2.41. The van der Waals surface area contributed by atoms with E-state index < -0.39 is 24.5 Å². The van der Waals surface area contributed by atoms with Crippen molar-refractivity contribution in [3.8, 4) is 0 Å². The van der Waals surface area contributed by atoms with Crippen LogP contribution in [0.4, 0.5) is 13.2 Å². The van der Waals surface area contributed by atoms with Crippen molar-refractivity contribution in [3.05, 3.63) is 24.2 Å². The van der Waals surface area contributed by atoms with Crippen LogP contribution in [-0.4, -0.2) is 30.1 Å². The van der Waals surface area contributed by atoms with Crippen LogP contribution < -0.4 is 5.73 Å². The van der Waals surface area contributed by atoms with Crippen molar-refractivity contribution in [2.24, 2.45) is 11.7 Å². The maximum atomic E-state index is 12.5. The Morgan fingerprint density at radius 2 is 2.21 bits per heavy atom. The van der Waals surface area contributed by atoms with Crippen molar-refractivity contribution in [2.45, 2.75) is 26.1 Å². The Bertz CT molecular complexity index is 390. The van der Waals surface area contributed by atoms with Gasteiger partial charge in [0, 0.05) is 5.92 Å². The topological polar surface area (TPSA) is 59.5 Å². The molecule has 0 saturated carbocycles. The number of carbonyl (C=O) groups excluding carboxylic acids is 1. The fraction of sp³-hybridized carbons (Fsp3) is 0.583. The Kier molecular flexibility index (Phi) is 5.41. The predicted octanol–water partition coefficient (Wildman–Crippen LogP) is 2.16. The molecular weight excluding hydrogens is 261 g/mol. The standard InChI is InChI=1S/C12H17F3N2O2/c1-9(4-5-16)11(18)17(8-12(13,14)15)7-10-3-2-6-19-10/h2-3,6,9H,4-5,7-8,16H2,1H3. The van der Waals surface area contributed by atoms with E-state index in [9.17, 15) is 18.0 Å². The third kappa shape index (κ3) is 5.34. The lowest BCUT2D eigenvalue weighted by atomic mass is 10.1. The van der Waals surface area contributed by atoms with Crippen LogP contribution in [0.5, 0.6) is 0 Å². The van der Waals surface area contributed by atoms with E-state index in [4.69, 9.17) is 10.2 Å². The number of rotatable bonds is 6. The molecule has 0 saturated heterocycles. The minimum absolute atomic E-state index is 0.194. The van der Waals surface area contributed by atoms with E-state index in [0.717, 1.165) is 4.90 Å². The third-order valence-electron chi connectivity index (χ3n) is 2.63. The lowest BCUT2D eigenvalue weighted by molar-refractivity contribution is -0.165. The van der Waals surface area contributed by atoms with Crippen LogP contribution in [0, 0.1) is 5.92 Å². The largest absolute Gasteiger partial charge is 0.467 e. The van der Waals surface area contributed by atoms with Gasteiger partial charge in [-0.05, 0) is 25.1 Å². The number of amides is 1. The van der Waals surface area contributed by atoms with Crippen molar-refractivity contribution >= 4 is 5.91 Å². The quantitative estimate of drug-likeness (QED) is 0.867. The predicted molar refractivity (Wildman–Crippen MR) is 63.0 cm³/mol. The molecule has 1 amide bonds. The van der Waals surface area contributed by atoms with Gasteiger partial charge in [0.2, 0.25) is 5.91 Å². The fourth-order valence-corrected chi connectivity index (χ4v) is 1.70. The molecule has 0 fully saturated rings. The van der Waals surface area contributed by atoms with Crippen LogP contribution in [0.25, 0.3) is 0 Å². The number of furan rings is 1. The zero-order valence-electron chi connectivity index (χ0n) is 10.6. The van der Waals surface area contributed by atoms with Crippen molar-refractivity contribution < 1.29 is 22.4 Å². The SMILES string of the molecule is CC(CCN)C(=O)N(Cc1ccco1)CC(F)(F)F. The summed E-state index contributed by atoms with van der Waals surface area (Å²) in [7, 11) is 0. The van der Waals surface area contributed by atoms with E-state index in [2.05, 4.69) is 0 Å². The van der Waals surface area contributed by atoms with Gasteiger partial charge in [-0.1, -0.05) is 6.92 Å². The summed E-state index contributed by atoms with van der Waals surface area (Å²) in [6, 6.07) is 3.10. The molecule has 4 nitrogen and oxygen atoms in total. The van der Waals surface area contributed by atoms with Crippen molar-refractivity contribution in [3.63, 3.8) is 0 Å². The molecule has 2 N–H and O–H groups in total. The number of hydrogen-bond acceptors (Lipinski definition) is 3. The molecule has 0 bridgehead atoms. The van der Waals surface area contributed by atoms with Gasteiger partial charge < -0.3 is 15.1 Å². The second-order valence-electron chi connectivity index (χ2n) is 4.37. The molecule has 0 spiro atoms. The van der Waals surface area contributed by atoms with Gasteiger partial charge in [-0.15, -0.1) is 0 Å². The molecule has 0 aromatic carbocycles. The zero-order chi connectivity index (χ0) is 14.5. The minimum Gasteiger partial charge on any atom is -0.467 e. The molecule has 0 aliphatic heterocycles. The van der Waals surface area contributed by atoms with E-state index in [-0.39, 0.29) is 13.1 Å². The summed E-state index contributed by atoms with van der Waals surface area (Å²) >= 11 is 0. The van der Waals surface area contributed by atoms with E-state index in [1.54, 1.807) is 13.0 Å². The number of alkyl halides is 3. The highest BCUT2D eigenvalue weighted by molar-refractivity contribution is 5.78. The van der Waals surface area contributed by atoms with Crippen LogP contribution in [0.1, 0.15) is 19.1 Å². The number of halogens is 3. The Balaban J connectivity index is 2.76. The van der Waals surface area contributed by atoms with E-state index in [1.165, 1.54) is 12.3 Å². The van der Waals surface area contributed by atoms with Crippen LogP contribution in [0.2, 0.25) is 0 Å². The molecule has 7 heteroatoms. The summed E-state index contributed by atoms with van der Waals surface area (Å²) in [5.74, 6) is -0.793. The van der Waals surface area contributed by atoms with Gasteiger partial charge in [0.25, 0.3) is 0 Å². The highest BCUT2D eigenvalue weighted by Crippen LogP contribution is 2.20. The van der Waals surface area contributed by atoms with Gasteiger partial charge in [0.15, 0.2) is 0 Å². The van der Waals surface area contributed by atoms with Crippen LogP contribution >= 0.6 is 0 Å². The Labute approximate surface area is 109 Å². The zero-order valence-corrected chi connectivity index (χ0v) is 10.6. The van der Waals surface area contributed by atoms with Gasteiger partial charge in [-0.2, -0.15) is 13.2 Å². The van der Waals surface area contributed by atoms with Gasteiger partial charge in [0.1, 0.15) is 12.3 Å². The molecule has 0 aliphatic rings. The molecule has 19 heavy (non-hydrogen) atoms. The summed E-state index contributed by atoms with van der Waals surface area (Å²) in [6.45, 7) is 0.343. The van der Waals surface area contributed by atoms with Crippen molar-refractivity contribution in [1.29, 1.82) is 0 Å². The normalized spacial score (nSPS) is 13.3. The Morgan fingerprint density at radius 1 is 1.53 bits per heavy atom. The average Bonchev–Trinajstić information content (AvgIpc) is 2.78. The van der Waals surface area contributed by atoms with E-state index in [1.807, 2.05) is 0 Å². The van der Waals surface area contributed by atoms with Crippen LogP contribution in [0.15, 0.2) is 22.8 Å². The second-order valence-corrected chi connectivity index (χ2v) is 4.37. The van der Waals surface area contributed by atoms with Crippen molar-refractivity contribution in [2.75, 3.05) is 13.1 Å². The highest BCUT2D eigenvalue weighted by atomic mass is 19.4. The molecule has 1 rings (SSSR count). The smallest absolute Gasteiger partial charge is 0.406 e. The van der Waals surface area contributed by atoms with Gasteiger partial charge in [-0.3, -0.25) is 4.79 Å². The molecular formula is C12H17F3N2O2. The molecule has 1 aromatic heterocycles. The maximum absolute atomic E-state index is 12.5. The molecule has 1 heterocycles. The maximum Gasteiger partial charge on any atom is 0.406 e. The van der Waals surface area contributed by atoms with Crippen LogP contribution in [-0.2, 0) is 11.3 Å². The summed E-state index contributed by atoms with van der Waals surface area (Å²) in [5.41, 5.74) is 5.32. The Morgan fingerprint density at radius 3 is 2.68 bits per heavy atom. The molecule has 1 atom stereocenters. The third-order valence-corrected chi connectivity index (χ3v) is 2.63. The fourth-order valence-electron chi connectivity index (χ4n) is 1.70. The molecule has 108 valence electrons. The average molecular weight is 278 g/mol. The first-order valence-electron chi connectivity index (χ1n) is 5.91. The summed E-state index contributed by atoms with van der Waals surface area (Å²) in [5, 5.41) is 0. The van der Waals surface area contributed by atoms with Gasteiger partial charge in [-0.25, -0.2) is 0 Å². The van der Waals surface area contributed by atoms with Gasteiger partial charge in [0.05, 0.1) is 12.8 Å².